The Balaban J connectivity index is 1.54. The van der Waals surface area contributed by atoms with Crippen LogP contribution < -0.4 is 10.6 Å². The molecule has 150 valence electrons. The van der Waals surface area contributed by atoms with E-state index in [-0.39, 0.29) is 5.82 Å². The van der Waals surface area contributed by atoms with Gasteiger partial charge in [0, 0.05) is 30.2 Å². The summed E-state index contributed by atoms with van der Waals surface area (Å²) in [5.41, 5.74) is 9.84. The van der Waals surface area contributed by atoms with Gasteiger partial charge in [0.05, 0.1) is 16.5 Å². The zero-order chi connectivity index (χ0) is 20.7. The van der Waals surface area contributed by atoms with E-state index in [0.29, 0.717) is 16.5 Å². The minimum Gasteiger partial charge on any atom is -0.365 e. The number of nitrogens with one attached hydrogen (secondary N) is 1. The molecule has 1 aliphatic heterocycles. The number of fused-ring (bicyclic) bond motifs is 3. The van der Waals surface area contributed by atoms with E-state index in [1.54, 1.807) is 6.07 Å². The predicted octanol–water partition coefficient (Wildman–Crippen LogP) is 4.64. The number of pyridine rings is 1. The van der Waals surface area contributed by atoms with Crippen molar-refractivity contribution < 1.29 is 9.18 Å². The molecule has 30 heavy (non-hydrogen) atoms. The maximum atomic E-state index is 14.0. The quantitative estimate of drug-likeness (QED) is 0.526. The molecule has 5 nitrogen and oxygen atoms in total. The van der Waals surface area contributed by atoms with Gasteiger partial charge in [0.1, 0.15) is 11.6 Å². The highest BCUT2D eigenvalue weighted by Gasteiger charge is 2.22. The highest BCUT2D eigenvalue weighted by atomic mass is 19.1. The third kappa shape index (κ3) is 3.20. The number of nitrogens with two attached hydrogens (primary N) is 1. The Labute approximate surface area is 173 Å². The Morgan fingerprint density at radius 1 is 1.13 bits per heavy atom. The van der Waals surface area contributed by atoms with Crippen molar-refractivity contribution in [2.75, 3.05) is 18.0 Å². The van der Waals surface area contributed by atoms with Crippen LogP contribution in [0.5, 0.6) is 0 Å². The topological polar surface area (TPSA) is 75.0 Å². The Kier molecular flexibility index (Phi) is 4.47. The van der Waals surface area contributed by atoms with Crippen LogP contribution in [-0.4, -0.2) is 29.0 Å². The molecule has 1 amide bonds. The van der Waals surface area contributed by atoms with Crippen LogP contribution in [0.4, 0.5) is 10.2 Å². The van der Waals surface area contributed by atoms with E-state index in [4.69, 9.17) is 5.73 Å². The van der Waals surface area contributed by atoms with Crippen LogP contribution in [0.25, 0.3) is 27.9 Å². The summed E-state index contributed by atoms with van der Waals surface area (Å²) in [4.78, 5) is 21.9. The lowest BCUT2D eigenvalue weighted by Gasteiger charge is -2.30. The number of halogens is 1. The third-order valence-corrected chi connectivity index (χ3v) is 5.71. The number of piperidine rings is 1. The number of anilines is 1. The highest BCUT2D eigenvalue weighted by molar-refractivity contribution is 6.18. The van der Waals surface area contributed by atoms with Gasteiger partial charge in [-0.2, -0.15) is 0 Å². The molecule has 2 aromatic heterocycles. The number of carbonyl (C=O) groups is 1. The lowest BCUT2D eigenvalue weighted by Crippen LogP contribution is -2.31. The van der Waals surface area contributed by atoms with Crippen LogP contribution in [-0.2, 0) is 0 Å². The fourth-order valence-electron chi connectivity index (χ4n) is 4.21. The van der Waals surface area contributed by atoms with Crippen LogP contribution >= 0.6 is 0 Å². The van der Waals surface area contributed by atoms with Gasteiger partial charge in [-0.3, -0.25) is 4.79 Å². The first-order valence-corrected chi connectivity index (χ1v) is 9.99. The van der Waals surface area contributed by atoms with Crippen molar-refractivity contribution in [1.29, 1.82) is 0 Å². The van der Waals surface area contributed by atoms with Crippen molar-refractivity contribution >= 4 is 39.6 Å². The Hall–Kier alpha value is -3.67. The Bertz CT molecular complexity index is 1280. The van der Waals surface area contributed by atoms with Crippen molar-refractivity contribution in [3.63, 3.8) is 0 Å². The van der Waals surface area contributed by atoms with E-state index >= 15 is 0 Å². The number of rotatable bonds is 3. The number of hydrogen-bond acceptors (Lipinski definition) is 3. The number of aromatic nitrogens is 2. The average molecular weight is 400 g/mol. The number of aromatic amines is 1. The summed E-state index contributed by atoms with van der Waals surface area (Å²) in [5, 5.41) is 1.46. The molecule has 0 spiro atoms. The zero-order valence-corrected chi connectivity index (χ0v) is 16.4. The molecule has 5 rings (SSSR count). The lowest BCUT2D eigenvalue weighted by atomic mass is 10.0. The van der Waals surface area contributed by atoms with E-state index in [2.05, 4.69) is 33.1 Å². The van der Waals surface area contributed by atoms with Gasteiger partial charge in [0.15, 0.2) is 0 Å². The first-order chi connectivity index (χ1) is 14.6. The lowest BCUT2D eigenvalue weighted by molar-refractivity contribution is 0.100. The minimum atomic E-state index is -0.558. The fraction of sp³-hybridized carbons (Fsp3) is 0.167. The van der Waals surface area contributed by atoms with Crippen LogP contribution in [0, 0.1) is 5.82 Å². The number of hydrogen-bond donors (Lipinski definition) is 2. The van der Waals surface area contributed by atoms with Crippen molar-refractivity contribution in [2.45, 2.75) is 12.8 Å². The molecule has 0 saturated carbocycles. The molecule has 0 bridgehead atoms. The minimum absolute atomic E-state index is 0.312. The highest BCUT2D eigenvalue weighted by Crippen LogP contribution is 2.36. The second kappa shape index (κ2) is 7.30. The van der Waals surface area contributed by atoms with E-state index in [1.165, 1.54) is 29.5 Å². The average Bonchev–Trinajstić information content (AvgIpc) is 3.13. The Morgan fingerprint density at radius 2 is 1.90 bits per heavy atom. The molecule has 0 aliphatic carbocycles. The smallest absolute Gasteiger partial charge is 0.252 e. The molecule has 3 N–H and O–H groups in total. The van der Waals surface area contributed by atoms with Crippen molar-refractivity contribution in [1.82, 2.24) is 9.97 Å². The molecule has 2 aromatic carbocycles. The van der Waals surface area contributed by atoms with Gasteiger partial charge in [-0.25, -0.2) is 9.37 Å². The van der Waals surface area contributed by atoms with Gasteiger partial charge in [-0.15, -0.1) is 0 Å². The van der Waals surface area contributed by atoms with Gasteiger partial charge in [-0.1, -0.05) is 42.0 Å². The number of amides is 1. The van der Waals surface area contributed by atoms with Gasteiger partial charge >= 0.3 is 0 Å². The molecule has 1 saturated heterocycles. The van der Waals surface area contributed by atoms with E-state index < -0.39 is 5.91 Å². The van der Waals surface area contributed by atoms with Crippen LogP contribution in [0.1, 0.15) is 28.8 Å². The number of nitrogens with zero attached hydrogens (tertiary/aromatic N) is 2. The van der Waals surface area contributed by atoms with Crippen LogP contribution in [0.15, 0.2) is 60.3 Å². The monoisotopic (exact) mass is 400 g/mol. The SMILES string of the molecule is NC(=O)c1cnc(N2CCC(=Cc3ccccc3)CC2)c2c1[nH]c1ccc(F)cc12. The van der Waals surface area contributed by atoms with E-state index in [0.717, 1.165) is 42.7 Å². The number of benzene rings is 2. The van der Waals surface area contributed by atoms with Crippen molar-refractivity contribution in [2.24, 2.45) is 5.73 Å². The number of carbonyl (C=O) groups excluding carboxylic acids is 1. The largest absolute Gasteiger partial charge is 0.365 e. The number of H-pyrrole nitrogens is 1. The molecule has 6 heteroatoms. The zero-order valence-electron chi connectivity index (χ0n) is 16.4. The molecular formula is C24H21FN4O. The van der Waals surface area contributed by atoms with Crippen LogP contribution in [0.3, 0.4) is 0 Å². The molecule has 3 heterocycles. The predicted molar refractivity (Wildman–Crippen MR) is 118 cm³/mol. The molecule has 1 aliphatic rings. The van der Waals surface area contributed by atoms with E-state index in [9.17, 15) is 9.18 Å². The van der Waals surface area contributed by atoms with Gasteiger partial charge in [0.25, 0.3) is 5.91 Å². The molecule has 0 radical (unpaired) electrons. The first kappa shape index (κ1) is 18.4. The molecule has 0 unspecified atom stereocenters. The van der Waals surface area contributed by atoms with E-state index in [1.807, 2.05) is 18.2 Å². The summed E-state index contributed by atoms with van der Waals surface area (Å²) in [6.45, 7) is 1.61. The fourth-order valence-corrected chi connectivity index (χ4v) is 4.21. The summed E-state index contributed by atoms with van der Waals surface area (Å²) in [6, 6.07) is 14.9. The summed E-state index contributed by atoms with van der Waals surface area (Å²) in [7, 11) is 0. The summed E-state index contributed by atoms with van der Waals surface area (Å²) in [6.07, 6.45) is 5.61. The molecule has 4 aromatic rings. The number of primary amides is 1. The molecule has 1 fully saturated rings. The first-order valence-electron chi connectivity index (χ1n) is 9.99. The third-order valence-electron chi connectivity index (χ3n) is 5.71. The van der Waals surface area contributed by atoms with Crippen LogP contribution in [0.2, 0.25) is 0 Å². The van der Waals surface area contributed by atoms with Gasteiger partial charge < -0.3 is 15.6 Å². The normalized spacial score (nSPS) is 14.4. The standard InChI is InChI=1S/C24H21FN4O/c25-17-6-7-20-18(13-17)21-22(28-20)19(23(26)30)14-27-24(21)29-10-8-16(9-11-29)12-15-4-2-1-3-5-15/h1-7,12-14,28H,8-11H2,(H2,26,30). The van der Waals surface area contributed by atoms with Gasteiger partial charge in [0.2, 0.25) is 0 Å². The van der Waals surface area contributed by atoms with Gasteiger partial charge in [-0.05, 0) is 36.6 Å². The summed E-state index contributed by atoms with van der Waals surface area (Å²) in [5.74, 6) is -0.131. The molecule has 0 atom stereocenters. The Morgan fingerprint density at radius 3 is 2.63 bits per heavy atom. The van der Waals surface area contributed by atoms with Crippen molar-refractivity contribution in [3.05, 3.63) is 77.2 Å². The molecular weight excluding hydrogens is 379 g/mol. The second-order valence-electron chi connectivity index (χ2n) is 7.62. The second-order valence-corrected chi connectivity index (χ2v) is 7.62. The summed E-state index contributed by atoms with van der Waals surface area (Å²) < 4.78 is 14.0. The maximum Gasteiger partial charge on any atom is 0.252 e. The maximum absolute atomic E-state index is 14.0. The van der Waals surface area contributed by atoms with Crippen molar-refractivity contribution in [3.8, 4) is 0 Å². The summed E-state index contributed by atoms with van der Waals surface area (Å²) >= 11 is 0.